The summed E-state index contributed by atoms with van der Waals surface area (Å²) in [6.45, 7) is 2.00. The van der Waals surface area contributed by atoms with Crippen molar-refractivity contribution in [3.63, 3.8) is 0 Å². The molecule has 1 unspecified atom stereocenters. The molecule has 0 amide bonds. The molecule has 1 aromatic carbocycles. The summed E-state index contributed by atoms with van der Waals surface area (Å²) in [5, 5.41) is 14.4. The largest absolute Gasteiger partial charge is 0.469 e. The van der Waals surface area contributed by atoms with Gasteiger partial charge >= 0.3 is 0 Å². The second-order valence-electron chi connectivity index (χ2n) is 4.58. The fraction of sp³-hybridized carbons (Fsp3) is 0.286. The van der Waals surface area contributed by atoms with Crippen LogP contribution in [0, 0.1) is 10.1 Å². The fourth-order valence-electron chi connectivity index (χ4n) is 1.89. The maximum atomic E-state index is 10.8. The van der Waals surface area contributed by atoms with Crippen LogP contribution in [0.2, 0.25) is 5.02 Å². The van der Waals surface area contributed by atoms with Crippen LogP contribution in [0.5, 0.6) is 0 Å². The van der Waals surface area contributed by atoms with Gasteiger partial charge in [0.15, 0.2) is 0 Å². The van der Waals surface area contributed by atoms with Crippen LogP contribution in [0.15, 0.2) is 41.0 Å². The zero-order chi connectivity index (χ0) is 14.5. The Morgan fingerprint density at radius 2 is 2.25 bits per heavy atom. The van der Waals surface area contributed by atoms with Crippen molar-refractivity contribution in [2.75, 3.05) is 5.32 Å². The second-order valence-corrected chi connectivity index (χ2v) is 4.99. The average molecular weight is 295 g/mol. The third-order valence-corrected chi connectivity index (χ3v) is 3.30. The normalized spacial score (nSPS) is 12.1. The van der Waals surface area contributed by atoms with Gasteiger partial charge in [0, 0.05) is 24.6 Å². The Labute approximate surface area is 121 Å². The second kappa shape index (κ2) is 6.43. The van der Waals surface area contributed by atoms with E-state index in [1.165, 1.54) is 18.2 Å². The van der Waals surface area contributed by atoms with Crippen molar-refractivity contribution in [3.8, 4) is 0 Å². The fourth-order valence-corrected chi connectivity index (χ4v) is 2.06. The van der Waals surface area contributed by atoms with E-state index in [0.717, 1.165) is 18.6 Å². The Kier molecular flexibility index (Phi) is 4.63. The molecule has 2 aromatic rings. The number of non-ortho nitro benzene ring substituents is 1. The molecule has 0 saturated carbocycles. The van der Waals surface area contributed by atoms with Gasteiger partial charge < -0.3 is 9.73 Å². The van der Waals surface area contributed by atoms with Crippen molar-refractivity contribution in [3.05, 3.63) is 57.5 Å². The number of hydrogen-bond donors (Lipinski definition) is 1. The van der Waals surface area contributed by atoms with Crippen molar-refractivity contribution in [1.29, 1.82) is 0 Å². The van der Waals surface area contributed by atoms with Gasteiger partial charge in [-0.15, -0.1) is 0 Å². The summed E-state index contributed by atoms with van der Waals surface area (Å²) in [5.74, 6) is 0.920. The average Bonchev–Trinajstić information content (AvgIpc) is 2.92. The quantitative estimate of drug-likeness (QED) is 0.638. The van der Waals surface area contributed by atoms with Crippen LogP contribution in [-0.4, -0.2) is 11.0 Å². The molecule has 2 rings (SSSR count). The summed E-state index contributed by atoms with van der Waals surface area (Å²) in [6.07, 6.45) is 3.28. The summed E-state index contributed by atoms with van der Waals surface area (Å²) in [7, 11) is 0. The number of nitro groups is 1. The lowest BCUT2D eigenvalue weighted by molar-refractivity contribution is -0.384. The SMILES string of the molecule is CC(CCc1ccco1)Nc1cc([N+](=O)[O-])ccc1Cl. The molecule has 6 heteroatoms. The maximum Gasteiger partial charge on any atom is 0.271 e. The van der Waals surface area contributed by atoms with Crippen LogP contribution < -0.4 is 5.32 Å². The zero-order valence-electron chi connectivity index (χ0n) is 11.0. The van der Waals surface area contributed by atoms with Crippen LogP contribution in [0.4, 0.5) is 11.4 Å². The lowest BCUT2D eigenvalue weighted by atomic mass is 10.1. The first-order valence-electron chi connectivity index (χ1n) is 6.29. The Morgan fingerprint density at radius 3 is 2.90 bits per heavy atom. The first-order valence-corrected chi connectivity index (χ1v) is 6.67. The van der Waals surface area contributed by atoms with Gasteiger partial charge in [-0.2, -0.15) is 0 Å². The van der Waals surface area contributed by atoms with E-state index in [0.29, 0.717) is 10.7 Å². The first kappa shape index (κ1) is 14.4. The van der Waals surface area contributed by atoms with E-state index in [-0.39, 0.29) is 11.7 Å². The molecule has 0 spiro atoms. The predicted molar refractivity (Wildman–Crippen MR) is 78.2 cm³/mol. The molecule has 0 saturated heterocycles. The van der Waals surface area contributed by atoms with Crippen LogP contribution in [-0.2, 0) is 6.42 Å². The standard InChI is InChI=1S/C14H15ClN2O3/c1-10(4-6-12-3-2-8-20-12)16-14-9-11(17(18)19)5-7-13(14)15/h2-3,5,7-10,16H,4,6H2,1H3. The number of halogens is 1. The number of aryl methyl sites for hydroxylation is 1. The van der Waals surface area contributed by atoms with Gasteiger partial charge in [-0.25, -0.2) is 0 Å². The van der Waals surface area contributed by atoms with Crippen LogP contribution in [0.1, 0.15) is 19.1 Å². The number of nitrogens with zero attached hydrogens (tertiary/aromatic N) is 1. The molecule has 1 atom stereocenters. The smallest absolute Gasteiger partial charge is 0.271 e. The molecule has 1 aromatic heterocycles. The molecule has 0 aliphatic carbocycles. The molecular weight excluding hydrogens is 280 g/mol. The van der Waals surface area contributed by atoms with Crippen LogP contribution >= 0.6 is 11.6 Å². The summed E-state index contributed by atoms with van der Waals surface area (Å²) in [4.78, 5) is 10.3. The van der Waals surface area contributed by atoms with Gasteiger partial charge in [0.25, 0.3) is 5.69 Å². The van der Waals surface area contributed by atoms with Crippen LogP contribution in [0.3, 0.4) is 0 Å². The third kappa shape index (κ3) is 3.74. The highest BCUT2D eigenvalue weighted by atomic mass is 35.5. The third-order valence-electron chi connectivity index (χ3n) is 2.97. The molecule has 0 bridgehead atoms. The Balaban J connectivity index is 1.98. The van der Waals surface area contributed by atoms with Crippen molar-refractivity contribution >= 4 is 23.0 Å². The molecule has 106 valence electrons. The number of nitrogens with one attached hydrogen (secondary N) is 1. The minimum atomic E-state index is -0.435. The number of rotatable bonds is 6. The van der Waals surface area contributed by atoms with E-state index in [2.05, 4.69) is 5.32 Å². The van der Waals surface area contributed by atoms with E-state index < -0.39 is 4.92 Å². The van der Waals surface area contributed by atoms with Crippen molar-refractivity contribution in [2.24, 2.45) is 0 Å². The van der Waals surface area contributed by atoms with Gasteiger partial charge in [-0.3, -0.25) is 10.1 Å². The molecule has 0 aliphatic heterocycles. The van der Waals surface area contributed by atoms with Crippen LogP contribution in [0.25, 0.3) is 0 Å². The van der Waals surface area contributed by atoms with Gasteiger partial charge in [0.2, 0.25) is 0 Å². The van der Waals surface area contributed by atoms with Gasteiger partial charge in [0.1, 0.15) is 5.76 Å². The summed E-state index contributed by atoms with van der Waals surface area (Å²) in [5.41, 5.74) is 0.600. The van der Waals surface area contributed by atoms with E-state index in [9.17, 15) is 10.1 Å². The summed E-state index contributed by atoms with van der Waals surface area (Å²) < 4.78 is 5.27. The molecule has 20 heavy (non-hydrogen) atoms. The number of furan rings is 1. The van der Waals surface area contributed by atoms with Gasteiger partial charge in [0.05, 0.1) is 21.9 Å². The Morgan fingerprint density at radius 1 is 1.45 bits per heavy atom. The molecule has 1 heterocycles. The highest BCUT2D eigenvalue weighted by molar-refractivity contribution is 6.33. The first-order chi connectivity index (χ1) is 9.56. The number of hydrogen-bond acceptors (Lipinski definition) is 4. The highest BCUT2D eigenvalue weighted by Gasteiger charge is 2.12. The van der Waals surface area contributed by atoms with Crippen molar-refractivity contribution in [1.82, 2.24) is 0 Å². The minimum absolute atomic E-state index is 0.0233. The number of nitro benzene ring substituents is 1. The Hall–Kier alpha value is -2.01. The summed E-state index contributed by atoms with van der Waals surface area (Å²) >= 11 is 6.04. The minimum Gasteiger partial charge on any atom is -0.469 e. The maximum absolute atomic E-state index is 10.8. The molecule has 5 nitrogen and oxygen atoms in total. The van der Waals surface area contributed by atoms with Crippen molar-refractivity contribution < 1.29 is 9.34 Å². The van der Waals surface area contributed by atoms with Crippen molar-refractivity contribution in [2.45, 2.75) is 25.8 Å². The Bertz CT molecular complexity index is 584. The topological polar surface area (TPSA) is 68.3 Å². The molecule has 0 radical (unpaired) electrons. The van der Waals surface area contributed by atoms with E-state index in [1.54, 1.807) is 6.26 Å². The molecular formula is C14H15ClN2O3. The highest BCUT2D eigenvalue weighted by Crippen LogP contribution is 2.27. The zero-order valence-corrected chi connectivity index (χ0v) is 11.8. The monoisotopic (exact) mass is 294 g/mol. The van der Waals surface area contributed by atoms with Gasteiger partial charge in [-0.1, -0.05) is 11.6 Å². The lowest BCUT2D eigenvalue weighted by Gasteiger charge is -2.15. The molecule has 0 aliphatic rings. The number of benzene rings is 1. The van der Waals surface area contributed by atoms with E-state index >= 15 is 0 Å². The molecule has 0 fully saturated rings. The summed E-state index contributed by atoms with van der Waals surface area (Å²) in [6, 6.07) is 8.27. The van der Waals surface area contributed by atoms with Gasteiger partial charge in [-0.05, 0) is 31.5 Å². The molecule has 1 N–H and O–H groups in total. The van der Waals surface area contributed by atoms with E-state index in [4.69, 9.17) is 16.0 Å². The predicted octanol–water partition coefficient (Wildman–Crippen LogP) is 4.27. The lowest BCUT2D eigenvalue weighted by Crippen LogP contribution is -2.16. The number of anilines is 1. The van der Waals surface area contributed by atoms with E-state index in [1.807, 2.05) is 19.1 Å².